The van der Waals surface area contributed by atoms with Gasteiger partial charge in [-0.25, -0.2) is 9.78 Å². The van der Waals surface area contributed by atoms with Crippen LogP contribution in [0, 0.1) is 0 Å². The van der Waals surface area contributed by atoms with E-state index in [2.05, 4.69) is 27.0 Å². The van der Waals surface area contributed by atoms with Crippen molar-refractivity contribution in [1.82, 2.24) is 9.97 Å². The van der Waals surface area contributed by atoms with Crippen LogP contribution >= 0.6 is 0 Å². The molecule has 0 unspecified atom stereocenters. The number of halogens is 3. The molecule has 6 rings (SSSR count). The zero-order valence-electron chi connectivity index (χ0n) is 26.6. The SMILES string of the molecule is COC(=O)c1cccc(COC2CCN(c3ccc(CC(=O)c4oc(N5CCC(c6ccccc6)CC5)nc4C(F)(F)F)cn3)CC2)c1. The number of pyridine rings is 1. The number of nitrogens with zero attached hydrogens (tertiary/aromatic N) is 4. The van der Waals surface area contributed by atoms with Gasteiger partial charge < -0.3 is 23.7 Å². The van der Waals surface area contributed by atoms with Gasteiger partial charge in [-0.2, -0.15) is 18.2 Å². The Kier molecular flexibility index (Phi) is 10.1. The molecule has 0 spiro atoms. The quantitative estimate of drug-likeness (QED) is 0.133. The summed E-state index contributed by atoms with van der Waals surface area (Å²) in [5, 5.41) is 0. The second-order valence-corrected chi connectivity index (χ2v) is 12.2. The van der Waals surface area contributed by atoms with Crippen molar-refractivity contribution < 1.29 is 36.7 Å². The highest BCUT2D eigenvalue weighted by Crippen LogP contribution is 2.37. The van der Waals surface area contributed by atoms with E-state index < -0.39 is 29.4 Å². The fraction of sp³-hybridized carbons (Fsp3) is 0.389. The topological polar surface area (TPSA) is 98.0 Å². The zero-order valence-corrected chi connectivity index (χ0v) is 26.6. The van der Waals surface area contributed by atoms with Gasteiger partial charge in [0.05, 0.1) is 25.4 Å². The predicted octanol–water partition coefficient (Wildman–Crippen LogP) is 6.87. The van der Waals surface area contributed by atoms with E-state index in [1.165, 1.54) is 18.9 Å². The summed E-state index contributed by atoms with van der Waals surface area (Å²) in [6.07, 6.45) is -0.533. The molecule has 252 valence electrons. The maximum atomic E-state index is 14.0. The molecule has 0 bridgehead atoms. The number of methoxy groups -OCH3 is 1. The van der Waals surface area contributed by atoms with Gasteiger partial charge in [-0.3, -0.25) is 4.79 Å². The van der Waals surface area contributed by atoms with E-state index in [4.69, 9.17) is 13.9 Å². The van der Waals surface area contributed by atoms with E-state index in [1.54, 1.807) is 35.2 Å². The first-order valence-corrected chi connectivity index (χ1v) is 16.1. The standard InChI is InChI=1S/C36H37F3N4O5/c1-46-34(45)28-9-5-6-25(20-28)23-47-29-14-18-42(19-15-29)31-11-10-24(22-40-31)21-30(44)32-33(36(37,38)39)41-35(48-32)43-16-12-27(13-17-43)26-7-3-2-4-8-26/h2-11,20,22,27,29H,12-19,21,23H2,1H3. The van der Waals surface area contributed by atoms with Gasteiger partial charge in [0.15, 0.2) is 5.69 Å². The maximum absolute atomic E-state index is 14.0. The molecule has 4 aromatic rings. The smallest absolute Gasteiger partial charge is 0.437 e. The fourth-order valence-corrected chi connectivity index (χ4v) is 6.30. The van der Waals surface area contributed by atoms with Crippen LogP contribution in [-0.4, -0.2) is 61.1 Å². The average Bonchev–Trinajstić information content (AvgIpc) is 3.59. The molecule has 2 aliphatic rings. The van der Waals surface area contributed by atoms with Crippen molar-refractivity contribution in [2.45, 2.75) is 56.9 Å². The monoisotopic (exact) mass is 662 g/mol. The van der Waals surface area contributed by atoms with Gasteiger partial charge in [0.25, 0.3) is 6.01 Å². The van der Waals surface area contributed by atoms with Crippen molar-refractivity contribution >= 4 is 23.6 Å². The first-order chi connectivity index (χ1) is 23.2. The number of hydrogen-bond donors (Lipinski definition) is 0. The lowest BCUT2D eigenvalue weighted by atomic mass is 9.90. The van der Waals surface area contributed by atoms with E-state index in [0.29, 0.717) is 55.6 Å². The van der Waals surface area contributed by atoms with Crippen LogP contribution in [0.2, 0.25) is 0 Å². The summed E-state index contributed by atoms with van der Waals surface area (Å²) < 4.78 is 58.3. The number of oxazole rings is 1. The Morgan fingerprint density at radius 3 is 2.29 bits per heavy atom. The van der Waals surface area contributed by atoms with E-state index in [0.717, 1.165) is 31.2 Å². The number of ether oxygens (including phenoxy) is 2. The largest absolute Gasteiger partial charge is 0.465 e. The first-order valence-electron chi connectivity index (χ1n) is 16.1. The number of hydrogen-bond acceptors (Lipinski definition) is 9. The number of benzene rings is 2. The molecule has 2 saturated heterocycles. The number of anilines is 2. The van der Waals surface area contributed by atoms with E-state index in [-0.39, 0.29) is 18.5 Å². The second kappa shape index (κ2) is 14.6. The molecule has 0 N–H and O–H groups in total. The Labute approximate surface area is 276 Å². The number of Topliss-reactive ketones (excluding diaryl/α,β-unsaturated/α-hetero) is 1. The Balaban J connectivity index is 1.02. The molecule has 4 heterocycles. The molecular formula is C36H37F3N4O5. The number of aromatic nitrogens is 2. The van der Waals surface area contributed by atoms with Gasteiger partial charge in [0, 0.05) is 38.8 Å². The lowest BCUT2D eigenvalue weighted by Gasteiger charge is -2.32. The minimum atomic E-state index is -4.83. The van der Waals surface area contributed by atoms with Crippen molar-refractivity contribution in [2.24, 2.45) is 0 Å². The van der Waals surface area contributed by atoms with E-state index in [1.807, 2.05) is 24.3 Å². The Hall–Kier alpha value is -4.71. The molecule has 2 fully saturated rings. The summed E-state index contributed by atoms with van der Waals surface area (Å²) >= 11 is 0. The predicted molar refractivity (Wildman–Crippen MR) is 172 cm³/mol. The third-order valence-corrected chi connectivity index (χ3v) is 8.95. The molecule has 12 heteroatoms. The normalized spacial score (nSPS) is 16.2. The van der Waals surface area contributed by atoms with Crippen LogP contribution in [0.3, 0.4) is 0 Å². The van der Waals surface area contributed by atoms with Crippen molar-refractivity contribution in [2.75, 3.05) is 43.1 Å². The number of alkyl halides is 3. The highest BCUT2D eigenvalue weighted by atomic mass is 19.4. The van der Waals surface area contributed by atoms with Crippen LogP contribution in [0.4, 0.5) is 25.0 Å². The number of carbonyl (C=O) groups is 2. The summed E-state index contributed by atoms with van der Waals surface area (Å²) in [4.78, 5) is 37.0. The number of piperidine rings is 2. The Morgan fingerprint density at radius 1 is 0.896 bits per heavy atom. The van der Waals surface area contributed by atoms with Gasteiger partial charge in [-0.05, 0) is 66.5 Å². The highest BCUT2D eigenvalue weighted by molar-refractivity contribution is 5.96. The first kappa shape index (κ1) is 33.2. The second-order valence-electron chi connectivity index (χ2n) is 12.2. The molecule has 0 radical (unpaired) electrons. The lowest BCUT2D eigenvalue weighted by Crippen LogP contribution is -2.37. The third-order valence-electron chi connectivity index (χ3n) is 8.95. The average molecular weight is 663 g/mol. The molecule has 0 aliphatic carbocycles. The van der Waals surface area contributed by atoms with Crippen molar-refractivity contribution in [3.8, 4) is 0 Å². The van der Waals surface area contributed by atoms with Crippen molar-refractivity contribution in [3.05, 3.63) is 107 Å². The van der Waals surface area contributed by atoms with Gasteiger partial charge in [-0.15, -0.1) is 0 Å². The van der Waals surface area contributed by atoms with Crippen LogP contribution in [0.1, 0.15) is 74.9 Å². The van der Waals surface area contributed by atoms with E-state index >= 15 is 0 Å². The zero-order chi connectivity index (χ0) is 33.7. The van der Waals surface area contributed by atoms with Crippen LogP contribution in [0.5, 0.6) is 0 Å². The minimum Gasteiger partial charge on any atom is -0.465 e. The van der Waals surface area contributed by atoms with Gasteiger partial charge in [0.1, 0.15) is 5.82 Å². The minimum absolute atomic E-state index is 0.0461. The number of esters is 1. The lowest BCUT2D eigenvalue weighted by molar-refractivity contribution is -0.141. The number of ketones is 1. The molecule has 0 saturated carbocycles. The molecule has 0 atom stereocenters. The molecule has 2 aliphatic heterocycles. The summed E-state index contributed by atoms with van der Waals surface area (Å²) in [6, 6.07) is 20.5. The van der Waals surface area contributed by atoms with Crippen LogP contribution < -0.4 is 9.80 Å². The van der Waals surface area contributed by atoms with Crippen LogP contribution in [-0.2, 0) is 28.7 Å². The Morgan fingerprint density at radius 2 is 1.62 bits per heavy atom. The van der Waals surface area contributed by atoms with Crippen LogP contribution in [0.25, 0.3) is 0 Å². The summed E-state index contributed by atoms with van der Waals surface area (Å²) in [6.45, 7) is 2.74. The molecular weight excluding hydrogens is 625 g/mol. The summed E-state index contributed by atoms with van der Waals surface area (Å²) in [5.74, 6) is -0.945. The third kappa shape index (κ3) is 7.87. The van der Waals surface area contributed by atoms with Gasteiger partial charge >= 0.3 is 12.1 Å². The van der Waals surface area contributed by atoms with Gasteiger partial charge in [-0.1, -0.05) is 48.5 Å². The summed E-state index contributed by atoms with van der Waals surface area (Å²) in [5.41, 5.74) is 1.75. The van der Waals surface area contributed by atoms with Crippen molar-refractivity contribution in [1.29, 1.82) is 0 Å². The Bertz CT molecular complexity index is 1690. The fourth-order valence-electron chi connectivity index (χ4n) is 6.30. The van der Waals surface area contributed by atoms with E-state index in [9.17, 15) is 22.8 Å². The number of rotatable bonds is 10. The maximum Gasteiger partial charge on any atom is 0.437 e. The molecule has 9 nitrogen and oxygen atoms in total. The number of carbonyl (C=O) groups excluding carboxylic acids is 2. The van der Waals surface area contributed by atoms with Gasteiger partial charge in [0.2, 0.25) is 11.5 Å². The summed E-state index contributed by atoms with van der Waals surface area (Å²) in [7, 11) is 1.35. The molecule has 2 aromatic carbocycles. The van der Waals surface area contributed by atoms with Crippen molar-refractivity contribution in [3.63, 3.8) is 0 Å². The highest BCUT2D eigenvalue weighted by Gasteiger charge is 2.42. The molecule has 48 heavy (non-hydrogen) atoms. The molecule has 2 aromatic heterocycles. The molecule has 0 amide bonds. The van der Waals surface area contributed by atoms with Crippen LogP contribution in [0.15, 0.2) is 77.3 Å².